The summed E-state index contributed by atoms with van der Waals surface area (Å²) in [7, 11) is 0. The van der Waals surface area contributed by atoms with Gasteiger partial charge in [0.15, 0.2) is 0 Å². The molecule has 5 heterocycles. The van der Waals surface area contributed by atoms with E-state index >= 15 is 0 Å². The van der Waals surface area contributed by atoms with E-state index in [1.807, 2.05) is 63.0 Å². The van der Waals surface area contributed by atoms with Gasteiger partial charge in [0.25, 0.3) is 0 Å². The van der Waals surface area contributed by atoms with E-state index in [2.05, 4.69) is 26.3 Å². The molecule has 4 aromatic rings. The second kappa shape index (κ2) is 11.9. The number of halogens is 1. The standard InChI is InChI=1S/C32H34ClN7O3/c33-26-7-3-2-6-24(26)25-19-39(31-29(25)30(34-21-35-31)38-15-17-43-18-16-38)20-28(41)37-12-10-23(11-13-37)40-14-9-22-5-1-4-8-27(22)36-32(40)42/h1-8,19,21,23H,9-18,20H2,(H,36,42). The van der Waals surface area contributed by atoms with Crippen LogP contribution in [0.15, 0.2) is 61.1 Å². The van der Waals surface area contributed by atoms with Crippen LogP contribution in [0.1, 0.15) is 18.4 Å². The first-order valence-corrected chi connectivity index (χ1v) is 15.3. The molecule has 10 nitrogen and oxygen atoms in total. The molecule has 0 bridgehead atoms. The number of likely N-dealkylation sites (tertiary alicyclic amines) is 1. The molecule has 3 aliphatic heterocycles. The lowest BCUT2D eigenvalue weighted by Gasteiger charge is -2.38. The van der Waals surface area contributed by atoms with E-state index in [1.165, 1.54) is 0 Å². The van der Waals surface area contributed by atoms with E-state index < -0.39 is 0 Å². The molecule has 11 heteroatoms. The van der Waals surface area contributed by atoms with Gasteiger partial charge in [0.05, 0.1) is 18.6 Å². The zero-order chi connectivity index (χ0) is 29.3. The number of urea groups is 1. The molecule has 2 aromatic carbocycles. The molecule has 3 aliphatic rings. The van der Waals surface area contributed by atoms with Gasteiger partial charge in [0, 0.05) is 66.8 Å². The summed E-state index contributed by atoms with van der Waals surface area (Å²) in [6.07, 6.45) is 5.86. The van der Waals surface area contributed by atoms with Gasteiger partial charge < -0.3 is 29.3 Å². The minimum atomic E-state index is -0.0589. The van der Waals surface area contributed by atoms with Crippen LogP contribution in [0.4, 0.5) is 16.3 Å². The Morgan fingerprint density at radius 3 is 2.53 bits per heavy atom. The van der Waals surface area contributed by atoms with Crippen molar-refractivity contribution in [2.45, 2.75) is 31.8 Å². The number of amides is 3. The predicted octanol–water partition coefficient (Wildman–Crippen LogP) is 4.67. The molecule has 7 rings (SSSR count). The number of carbonyl (C=O) groups excluding carboxylic acids is 2. The first-order valence-electron chi connectivity index (χ1n) is 14.9. The highest BCUT2D eigenvalue weighted by Crippen LogP contribution is 2.38. The fourth-order valence-electron chi connectivity index (χ4n) is 6.54. The van der Waals surface area contributed by atoms with Crippen molar-refractivity contribution >= 4 is 46.1 Å². The van der Waals surface area contributed by atoms with Crippen molar-refractivity contribution in [3.8, 4) is 11.1 Å². The van der Waals surface area contributed by atoms with Gasteiger partial charge >= 0.3 is 6.03 Å². The molecule has 2 aromatic heterocycles. The lowest BCUT2D eigenvalue weighted by molar-refractivity contribution is -0.133. The van der Waals surface area contributed by atoms with Crippen LogP contribution in [0.3, 0.4) is 0 Å². The largest absolute Gasteiger partial charge is 0.378 e. The Kier molecular flexibility index (Phi) is 7.63. The van der Waals surface area contributed by atoms with Crippen LogP contribution >= 0.6 is 11.6 Å². The lowest BCUT2D eigenvalue weighted by atomic mass is 10.0. The molecule has 0 spiro atoms. The Balaban J connectivity index is 1.10. The number of para-hydroxylation sites is 1. The fourth-order valence-corrected chi connectivity index (χ4v) is 6.78. The van der Waals surface area contributed by atoms with E-state index in [-0.39, 0.29) is 24.5 Å². The number of rotatable bonds is 5. The summed E-state index contributed by atoms with van der Waals surface area (Å²) in [4.78, 5) is 42.1. The number of nitrogens with one attached hydrogen (secondary N) is 1. The van der Waals surface area contributed by atoms with Crippen LogP contribution in [-0.2, 0) is 22.5 Å². The number of piperidine rings is 1. The average molecular weight is 600 g/mol. The van der Waals surface area contributed by atoms with Crippen LogP contribution < -0.4 is 10.2 Å². The quantitative estimate of drug-likeness (QED) is 0.358. The minimum Gasteiger partial charge on any atom is -0.378 e. The monoisotopic (exact) mass is 599 g/mol. The number of hydrogen-bond donors (Lipinski definition) is 1. The minimum absolute atomic E-state index is 0.0281. The average Bonchev–Trinajstić information content (AvgIpc) is 3.31. The predicted molar refractivity (Wildman–Crippen MR) is 166 cm³/mol. The molecule has 0 saturated carbocycles. The van der Waals surface area contributed by atoms with Crippen molar-refractivity contribution in [1.82, 2.24) is 24.3 Å². The van der Waals surface area contributed by atoms with E-state index in [4.69, 9.17) is 16.3 Å². The second-order valence-electron chi connectivity index (χ2n) is 11.3. The van der Waals surface area contributed by atoms with Crippen LogP contribution in [0, 0.1) is 0 Å². The summed E-state index contributed by atoms with van der Waals surface area (Å²) in [6.45, 7) is 4.76. The summed E-state index contributed by atoms with van der Waals surface area (Å²) in [5.41, 5.74) is 4.53. The van der Waals surface area contributed by atoms with Gasteiger partial charge in [-0.25, -0.2) is 14.8 Å². The maximum Gasteiger partial charge on any atom is 0.322 e. The van der Waals surface area contributed by atoms with Gasteiger partial charge in [0.2, 0.25) is 5.91 Å². The van der Waals surface area contributed by atoms with Crippen molar-refractivity contribution in [2.75, 3.05) is 56.2 Å². The van der Waals surface area contributed by atoms with Gasteiger partial charge in [-0.2, -0.15) is 0 Å². The summed E-state index contributed by atoms with van der Waals surface area (Å²) < 4.78 is 7.50. The van der Waals surface area contributed by atoms with Crippen molar-refractivity contribution in [3.05, 3.63) is 71.6 Å². The van der Waals surface area contributed by atoms with E-state index in [9.17, 15) is 9.59 Å². The smallest absolute Gasteiger partial charge is 0.322 e. The summed E-state index contributed by atoms with van der Waals surface area (Å²) >= 11 is 6.67. The molecule has 2 saturated heterocycles. The Morgan fingerprint density at radius 1 is 0.953 bits per heavy atom. The molecular formula is C32H34ClN7O3. The molecule has 0 aliphatic carbocycles. The molecular weight excluding hydrogens is 566 g/mol. The Morgan fingerprint density at radius 2 is 1.72 bits per heavy atom. The molecule has 0 unspecified atom stereocenters. The summed E-state index contributed by atoms with van der Waals surface area (Å²) in [6, 6.07) is 15.7. The zero-order valence-electron chi connectivity index (χ0n) is 23.9. The zero-order valence-corrected chi connectivity index (χ0v) is 24.7. The first kappa shape index (κ1) is 27.7. The number of ether oxygens (including phenoxy) is 1. The molecule has 2 fully saturated rings. The third-order valence-electron chi connectivity index (χ3n) is 8.81. The van der Waals surface area contributed by atoms with Gasteiger partial charge in [0.1, 0.15) is 24.3 Å². The second-order valence-corrected chi connectivity index (χ2v) is 11.7. The molecule has 3 amide bonds. The van der Waals surface area contributed by atoms with Crippen molar-refractivity contribution in [2.24, 2.45) is 0 Å². The summed E-state index contributed by atoms with van der Waals surface area (Å²) in [5.74, 6) is 0.855. The topological polar surface area (TPSA) is 95.8 Å². The van der Waals surface area contributed by atoms with E-state index in [0.717, 1.165) is 65.9 Å². The molecule has 1 N–H and O–H groups in total. The SMILES string of the molecule is O=C(Cn1cc(-c2ccccc2Cl)c2c(N3CCOCC3)ncnc21)N1CCC(N2CCc3ccccc3NC2=O)CC1. The highest BCUT2D eigenvalue weighted by molar-refractivity contribution is 6.33. The number of nitrogens with zero attached hydrogens (tertiary/aromatic N) is 6. The van der Waals surface area contributed by atoms with Crippen molar-refractivity contribution < 1.29 is 14.3 Å². The van der Waals surface area contributed by atoms with Crippen molar-refractivity contribution in [1.29, 1.82) is 0 Å². The van der Waals surface area contributed by atoms with Crippen LogP contribution in [0.25, 0.3) is 22.2 Å². The van der Waals surface area contributed by atoms with Crippen molar-refractivity contribution in [3.63, 3.8) is 0 Å². The number of benzene rings is 2. The first-order chi connectivity index (χ1) is 21.1. The number of anilines is 2. The van der Waals surface area contributed by atoms with E-state index in [1.54, 1.807) is 6.33 Å². The molecule has 222 valence electrons. The summed E-state index contributed by atoms with van der Waals surface area (Å²) in [5, 5.41) is 4.59. The number of fused-ring (bicyclic) bond motifs is 2. The highest BCUT2D eigenvalue weighted by atomic mass is 35.5. The molecule has 0 radical (unpaired) electrons. The van der Waals surface area contributed by atoms with Gasteiger partial charge in [-0.3, -0.25) is 4.79 Å². The third-order valence-corrected chi connectivity index (χ3v) is 9.14. The maximum absolute atomic E-state index is 13.7. The fraction of sp³-hybridized carbons (Fsp3) is 0.375. The lowest BCUT2D eigenvalue weighted by Crippen LogP contribution is -2.50. The van der Waals surface area contributed by atoms with Gasteiger partial charge in [-0.15, -0.1) is 0 Å². The Labute approximate surface area is 255 Å². The normalized spacial score (nSPS) is 18.0. The number of morpholine rings is 1. The van der Waals surface area contributed by atoms with Gasteiger partial charge in [-0.05, 0) is 37.0 Å². The van der Waals surface area contributed by atoms with Gasteiger partial charge in [-0.1, -0.05) is 48.0 Å². The Bertz CT molecular complexity index is 1660. The van der Waals surface area contributed by atoms with Crippen LogP contribution in [0.5, 0.6) is 0 Å². The van der Waals surface area contributed by atoms with Crippen LogP contribution in [-0.4, -0.2) is 88.3 Å². The number of aromatic nitrogens is 3. The third kappa shape index (κ3) is 5.41. The Hall–Kier alpha value is -4.15. The number of hydrogen-bond acceptors (Lipinski definition) is 6. The number of carbonyl (C=O) groups is 2. The van der Waals surface area contributed by atoms with E-state index in [0.29, 0.717) is 43.5 Å². The van der Waals surface area contributed by atoms with Crippen LogP contribution in [0.2, 0.25) is 5.02 Å². The molecule has 0 atom stereocenters. The molecule has 43 heavy (non-hydrogen) atoms. The maximum atomic E-state index is 13.7. The highest BCUT2D eigenvalue weighted by Gasteiger charge is 2.32.